The summed E-state index contributed by atoms with van der Waals surface area (Å²) in [5, 5.41) is 3.67. The second kappa shape index (κ2) is 7.60. The number of ether oxygens (including phenoxy) is 1. The number of pyridine rings is 1. The third-order valence-electron chi connectivity index (χ3n) is 3.60. The fourth-order valence-electron chi connectivity index (χ4n) is 2.34. The second-order valence-corrected chi connectivity index (χ2v) is 6.72. The number of carbonyl (C=O) groups is 2. The number of esters is 1. The van der Waals surface area contributed by atoms with E-state index in [4.69, 9.17) is 4.74 Å². The number of fused-ring (bicyclic) bond motifs is 1. The summed E-state index contributed by atoms with van der Waals surface area (Å²) in [4.78, 5) is 28.3. The minimum absolute atomic E-state index is 0.178. The maximum atomic E-state index is 12.1. The Morgan fingerprint density at radius 1 is 1.12 bits per heavy atom. The monoisotopic (exact) mass is 446 g/mol. The van der Waals surface area contributed by atoms with Crippen LogP contribution >= 0.6 is 22.6 Å². The maximum Gasteiger partial charge on any atom is 0.357 e. The van der Waals surface area contributed by atoms with E-state index in [0.29, 0.717) is 11.2 Å². The Morgan fingerprint density at radius 3 is 2.72 bits per heavy atom. The number of halogens is 1. The molecule has 0 saturated carbocycles. The van der Waals surface area contributed by atoms with Gasteiger partial charge in [0.05, 0.1) is 5.52 Å². The summed E-state index contributed by atoms with van der Waals surface area (Å²) in [7, 11) is 0. The molecular formula is C19H15IN2O3. The Bertz CT molecular complexity index is 956. The van der Waals surface area contributed by atoms with Gasteiger partial charge >= 0.3 is 5.97 Å². The Balaban J connectivity index is 1.61. The van der Waals surface area contributed by atoms with Crippen LogP contribution in [0.2, 0.25) is 0 Å². The minimum Gasteiger partial charge on any atom is -0.451 e. The fraction of sp³-hybridized carbons (Fsp3) is 0.105. The molecule has 1 aromatic heterocycles. The average Bonchev–Trinajstić information content (AvgIpc) is 2.61. The third-order valence-corrected chi connectivity index (χ3v) is 4.28. The highest BCUT2D eigenvalue weighted by Gasteiger charge is 2.13. The van der Waals surface area contributed by atoms with Crippen molar-refractivity contribution in [2.45, 2.75) is 6.92 Å². The van der Waals surface area contributed by atoms with Gasteiger partial charge in [-0.25, -0.2) is 9.78 Å². The van der Waals surface area contributed by atoms with Crippen molar-refractivity contribution < 1.29 is 14.3 Å². The lowest BCUT2D eigenvalue weighted by molar-refractivity contribution is -0.119. The highest BCUT2D eigenvalue weighted by atomic mass is 127. The molecule has 3 aromatic rings. The first kappa shape index (κ1) is 17.3. The van der Waals surface area contributed by atoms with Crippen molar-refractivity contribution in [3.05, 3.63) is 69.4 Å². The Labute approximate surface area is 158 Å². The number of aromatic nitrogens is 1. The molecule has 0 aliphatic rings. The molecule has 2 aromatic carbocycles. The van der Waals surface area contributed by atoms with Gasteiger partial charge in [0.25, 0.3) is 5.91 Å². The van der Waals surface area contributed by atoms with E-state index in [1.807, 2.05) is 49.4 Å². The van der Waals surface area contributed by atoms with Gasteiger partial charge in [0.1, 0.15) is 5.69 Å². The van der Waals surface area contributed by atoms with Gasteiger partial charge in [0, 0.05) is 14.6 Å². The number of carbonyl (C=O) groups excluding carboxylic acids is 2. The molecule has 6 heteroatoms. The van der Waals surface area contributed by atoms with Gasteiger partial charge in [-0.2, -0.15) is 0 Å². The molecule has 1 N–H and O–H groups in total. The van der Waals surface area contributed by atoms with Gasteiger partial charge in [-0.15, -0.1) is 0 Å². The van der Waals surface area contributed by atoms with E-state index in [1.165, 1.54) is 0 Å². The molecule has 1 heterocycles. The fourth-order valence-corrected chi connectivity index (χ4v) is 2.99. The summed E-state index contributed by atoms with van der Waals surface area (Å²) in [5.41, 5.74) is 2.53. The Kier molecular flexibility index (Phi) is 5.28. The van der Waals surface area contributed by atoms with Crippen molar-refractivity contribution in [2.24, 2.45) is 0 Å². The van der Waals surface area contributed by atoms with Crippen molar-refractivity contribution in [1.82, 2.24) is 4.98 Å². The van der Waals surface area contributed by atoms with Gasteiger partial charge < -0.3 is 10.1 Å². The molecule has 0 atom stereocenters. The summed E-state index contributed by atoms with van der Waals surface area (Å²) in [6.07, 6.45) is 0. The number of para-hydroxylation sites is 1. The molecule has 0 aliphatic carbocycles. The van der Waals surface area contributed by atoms with Crippen LogP contribution in [-0.2, 0) is 9.53 Å². The van der Waals surface area contributed by atoms with Crippen LogP contribution in [0.5, 0.6) is 0 Å². The van der Waals surface area contributed by atoms with Crippen molar-refractivity contribution in [1.29, 1.82) is 0 Å². The van der Waals surface area contributed by atoms with Crippen molar-refractivity contribution in [2.75, 3.05) is 11.9 Å². The zero-order chi connectivity index (χ0) is 17.8. The predicted molar refractivity (Wildman–Crippen MR) is 105 cm³/mol. The van der Waals surface area contributed by atoms with Crippen molar-refractivity contribution >= 4 is 51.1 Å². The molecule has 1 amide bonds. The van der Waals surface area contributed by atoms with Crippen molar-refractivity contribution in [3.63, 3.8) is 0 Å². The molecule has 0 unspecified atom stereocenters. The number of amides is 1. The number of rotatable bonds is 4. The highest BCUT2D eigenvalue weighted by molar-refractivity contribution is 14.1. The van der Waals surface area contributed by atoms with E-state index in [1.54, 1.807) is 12.1 Å². The van der Waals surface area contributed by atoms with Crippen LogP contribution in [0, 0.1) is 10.5 Å². The van der Waals surface area contributed by atoms with Crippen LogP contribution in [0.4, 0.5) is 5.69 Å². The minimum atomic E-state index is -0.625. The van der Waals surface area contributed by atoms with Crippen LogP contribution in [-0.4, -0.2) is 23.5 Å². The third kappa shape index (κ3) is 4.33. The first-order chi connectivity index (χ1) is 12.0. The molecule has 0 radical (unpaired) electrons. The van der Waals surface area contributed by atoms with E-state index in [0.717, 1.165) is 14.5 Å². The molecule has 126 valence electrons. The number of aryl methyl sites for hydroxylation is 1. The lowest BCUT2D eigenvalue weighted by Gasteiger charge is -2.09. The second-order valence-electron chi connectivity index (χ2n) is 5.47. The van der Waals surface area contributed by atoms with Gasteiger partial charge in [0.2, 0.25) is 0 Å². The van der Waals surface area contributed by atoms with E-state index < -0.39 is 11.9 Å². The first-order valence-corrected chi connectivity index (χ1v) is 8.70. The number of nitrogens with one attached hydrogen (secondary N) is 1. The van der Waals surface area contributed by atoms with Crippen LogP contribution in [0.3, 0.4) is 0 Å². The summed E-state index contributed by atoms with van der Waals surface area (Å²) in [5.74, 6) is -1.02. The molecular weight excluding hydrogens is 431 g/mol. The lowest BCUT2D eigenvalue weighted by atomic mass is 10.2. The smallest absolute Gasteiger partial charge is 0.357 e. The molecule has 0 bridgehead atoms. The van der Waals surface area contributed by atoms with E-state index in [9.17, 15) is 9.59 Å². The van der Waals surface area contributed by atoms with E-state index in [2.05, 4.69) is 32.9 Å². The average molecular weight is 446 g/mol. The summed E-state index contributed by atoms with van der Waals surface area (Å²) < 4.78 is 6.14. The predicted octanol–water partition coefficient (Wildman–Crippen LogP) is 3.94. The van der Waals surface area contributed by atoms with Crippen LogP contribution < -0.4 is 5.32 Å². The number of hydrogen-bond donors (Lipinski definition) is 1. The number of hydrogen-bond acceptors (Lipinski definition) is 4. The largest absolute Gasteiger partial charge is 0.451 e. The number of anilines is 1. The standard InChI is InChI=1S/C19H15IN2O3/c1-12-10-14(20)7-9-15(12)22-18(23)11-25-19(24)17-8-6-13-4-2-3-5-16(13)21-17/h2-10H,11H2,1H3,(H,22,23). The SMILES string of the molecule is Cc1cc(I)ccc1NC(=O)COC(=O)c1ccc2ccccc2n1. The van der Waals surface area contributed by atoms with Gasteiger partial charge in [0.15, 0.2) is 6.61 Å². The van der Waals surface area contributed by atoms with E-state index >= 15 is 0 Å². The van der Waals surface area contributed by atoms with Crippen LogP contribution in [0.25, 0.3) is 10.9 Å². The molecule has 0 aliphatic heterocycles. The summed E-state index contributed by atoms with van der Waals surface area (Å²) in [6, 6.07) is 16.5. The summed E-state index contributed by atoms with van der Waals surface area (Å²) >= 11 is 2.20. The lowest BCUT2D eigenvalue weighted by Crippen LogP contribution is -2.21. The first-order valence-electron chi connectivity index (χ1n) is 7.62. The van der Waals surface area contributed by atoms with Crippen LogP contribution in [0.1, 0.15) is 16.1 Å². The number of benzene rings is 2. The topological polar surface area (TPSA) is 68.3 Å². The zero-order valence-corrected chi connectivity index (χ0v) is 15.6. The molecule has 5 nitrogen and oxygen atoms in total. The summed E-state index contributed by atoms with van der Waals surface area (Å²) in [6.45, 7) is 1.54. The van der Waals surface area contributed by atoms with Crippen LogP contribution in [0.15, 0.2) is 54.6 Å². The molecule has 25 heavy (non-hydrogen) atoms. The quantitative estimate of drug-likeness (QED) is 0.487. The van der Waals surface area contributed by atoms with E-state index in [-0.39, 0.29) is 12.3 Å². The van der Waals surface area contributed by atoms with Gasteiger partial charge in [-0.05, 0) is 65.4 Å². The Morgan fingerprint density at radius 2 is 1.92 bits per heavy atom. The number of nitrogens with zero attached hydrogens (tertiary/aromatic N) is 1. The molecule has 0 saturated heterocycles. The Hall–Kier alpha value is -2.48. The van der Waals surface area contributed by atoms with Gasteiger partial charge in [-0.3, -0.25) is 4.79 Å². The molecule has 0 spiro atoms. The van der Waals surface area contributed by atoms with Crippen molar-refractivity contribution in [3.8, 4) is 0 Å². The zero-order valence-electron chi connectivity index (χ0n) is 13.5. The highest BCUT2D eigenvalue weighted by Crippen LogP contribution is 2.17. The molecule has 0 fully saturated rings. The normalized spacial score (nSPS) is 10.5. The van der Waals surface area contributed by atoms with Gasteiger partial charge in [-0.1, -0.05) is 24.3 Å². The maximum absolute atomic E-state index is 12.1. The molecule has 3 rings (SSSR count).